The van der Waals surface area contributed by atoms with Gasteiger partial charge in [0.2, 0.25) is 0 Å². The smallest absolute Gasteiger partial charge is 0.187 e. The van der Waals surface area contributed by atoms with E-state index in [1.54, 1.807) is 6.08 Å². The van der Waals surface area contributed by atoms with Gasteiger partial charge in [-0.25, -0.2) is 0 Å². The fraction of sp³-hybridized carbons (Fsp3) is 0.211. The van der Waals surface area contributed by atoms with E-state index in [0.29, 0.717) is 5.56 Å². The molecule has 0 radical (unpaired) electrons. The molecular formula is C19H21NO. The van der Waals surface area contributed by atoms with Crippen LogP contribution in [0.2, 0.25) is 0 Å². The van der Waals surface area contributed by atoms with Crippen molar-refractivity contribution >= 4 is 11.5 Å². The standard InChI is InChI=1S/C19H21NO/c1-19(2,3)20-17(15-10-6-4-7-11-15)14-18(21)16-12-8-5-9-13-16/h4-14,20H,1-3H3. The van der Waals surface area contributed by atoms with Gasteiger partial charge in [-0.15, -0.1) is 0 Å². The fourth-order valence-corrected chi connectivity index (χ4v) is 2.03. The van der Waals surface area contributed by atoms with Crippen LogP contribution < -0.4 is 5.32 Å². The Morgan fingerprint density at radius 3 is 1.81 bits per heavy atom. The first-order valence-electron chi connectivity index (χ1n) is 7.10. The Morgan fingerprint density at radius 2 is 1.33 bits per heavy atom. The summed E-state index contributed by atoms with van der Waals surface area (Å²) >= 11 is 0. The molecule has 1 N–H and O–H groups in total. The molecule has 0 aliphatic carbocycles. The summed E-state index contributed by atoms with van der Waals surface area (Å²) in [5.74, 6) is 0.00574. The second kappa shape index (κ2) is 6.40. The van der Waals surface area contributed by atoms with Crippen molar-refractivity contribution in [1.29, 1.82) is 0 Å². The topological polar surface area (TPSA) is 29.1 Å². The Hall–Kier alpha value is -2.35. The molecule has 2 aromatic rings. The van der Waals surface area contributed by atoms with Gasteiger partial charge in [0.05, 0.1) is 0 Å². The van der Waals surface area contributed by atoms with Crippen molar-refractivity contribution in [2.45, 2.75) is 26.3 Å². The van der Waals surface area contributed by atoms with Gasteiger partial charge >= 0.3 is 0 Å². The fourth-order valence-electron chi connectivity index (χ4n) is 2.03. The van der Waals surface area contributed by atoms with E-state index in [-0.39, 0.29) is 11.3 Å². The van der Waals surface area contributed by atoms with E-state index in [1.807, 2.05) is 60.7 Å². The van der Waals surface area contributed by atoms with Crippen LogP contribution in [0, 0.1) is 0 Å². The lowest BCUT2D eigenvalue weighted by atomic mass is 10.0. The monoisotopic (exact) mass is 279 g/mol. The van der Waals surface area contributed by atoms with E-state index in [4.69, 9.17) is 0 Å². The van der Waals surface area contributed by atoms with Gasteiger partial charge in [-0.05, 0) is 26.3 Å². The van der Waals surface area contributed by atoms with Crippen LogP contribution >= 0.6 is 0 Å². The first kappa shape index (κ1) is 15.0. The summed E-state index contributed by atoms with van der Waals surface area (Å²) < 4.78 is 0. The first-order valence-corrected chi connectivity index (χ1v) is 7.10. The Labute approximate surface area is 126 Å². The van der Waals surface area contributed by atoms with Gasteiger partial charge in [-0.3, -0.25) is 4.79 Å². The van der Waals surface area contributed by atoms with E-state index in [9.17, 15) is 4.79 Å². The van der Waals surface area contributed by atoms with Crippen LogP contribution in [-0.2, 0) is 0 Å². The van der Waals surface area contributed by atoms with Crippen LogP contribution in [0.4, 0.5) is 0 Å². The maximum absolute atomic E-state index is 12.4. The molecule has 0 spiro atoms. The van der Waals surface area contributed by atoms with E-state index >= 15 is 0 Å². The number of nitrogens with one attached hydrogen (secondary N) is 1. The second-order valence-corrected chi connectivity index (χ2v) is 6.03. The van der Waals surface area contributed by atoms with Gasteiger partial charge in [-0.2, -0.15) is 0 Å². The third-order valence-corrected chi connectivity index (χ3v) is 2.93. The van der Waals surface area contributed by atoms with E-state index in [1.165, 1.54) is 0 Å². The summed E-state index contributed by atoms with van der Waals surface area (Å²) in [6.45, 7) is 6.24. The zero-order valence-electron chi connectivity index (χ0n) is 12.8. The van der Waals surface area contributed by atoms with Crippen LogP contribution in [0.25, 0.3) is 5.70 Å². The lowest BCUT2D eigenvalue weighted by Gasteiger charge is -2.24. The predicted octanol–water partition coefficient (Wildman–Crippen LogP) is 4.30. The molecule has 2 aromatic carbocycles. The quantitative estimate of drug-likeness (QED) is 0.668. The molecule has 2 nitrogen and oxygen atoms in total. The summed E-state index contributed by atoms with van der Waals surface area (Å²) in [5, 5.41) is 3.41. The van der Waals surface area contributed by atoms with Gasteiger partial charge in [0.25, 0.3) is 0 Å². The maximum atomic E-state index is 12.4. The normalized spacial score (nSPS) is 12.0. The van der Waals surface area contributed by atoms with Crippen LogP contribution in [0.15, 0.2) is 66.7 Å². The highest BCUT2D eigenvalue weighted by Crippen LogP contribution is 2.16. The SMILES string of the molecule is CC(C)(C)NC(=CC(=O)c1ccccc1)c1ccccc1. The van der Waals surface area contributed by atoms with Crippen LogP contribution in [-0.4, -0.2) is 11.3 Å². The van der Waals surface area contributed by atoms with Crippen molar-refractivity contribution in [3.63, 3.8) is 0 Å². The van der Waals surface area contributed by atoms with E-state index < -0.39 is 0 Å². The minimum absolute atomic E-state index is 0.00574. The minimum Gasteiger partial charge on any atom is -0.380 e. The first-order chi connectivity index (χ1) is 9.96. The van der Waals surface area contributed by atoms with Crippen LogP contribution in [0.3, 0.4) is 0 Å². The van der Waals surface area contributed by atoms with E-state index in [2.05, 4.69) is 26.1 Å². The third kappa shape index (κ3) is 4.60. The lowest BCUT2D eigenvalue weighted by molar-refractivity contribution is 0.104. The molecule has 0 saturated heterocycles. The summed E-state index contributed by atoms with van der Waals surface area (Å²) in [7, 11) is 0. The van der Waals surface area contributed by atoms with Crippen LogP contribution in [0.1, 0.15) is 36.7 Å². The van der Waals surface area contributed by atoms with Crippen molar-refractivity contribution in [3.05, 3.63) is 77.9 Å². The Morgan fingerprint density at radius 1 is 0.857 bits per heavy atom. The molecule has 0 bridgehead atoms. The molecule has 0 fully saturated rings. The average Bonchev–Trinajstić information content (AvgIpc) is 2.47. The van der Waals surface area contributed by atoms with Crippen molar-refractivity contribution in [1.82, 2.24) is 5.32 Å². The second-order valence-electron chi connectivity index (χ2n) is 6.03. The molecule has 0 amide bonds. The molecule has 2 rings (SSSR count). The highest BCUT2D eigenvalue weighted by atomic mass is 16.1. The molecule has 0 aromatic heterocycles. The summed E-state index contributed by atoms with van der Waals surface area (Å²) in [5.41, 5.74) is 2.44. The van der Waals surface area contributed by atoms with Gasteiger partial charge in [0, 0.05) is 22.9 Å². The van der Waals surface area contributed by atoms with Crippen molar-refractivity contribution in [2.75, 3.05) is 0 Å². The number of hydrogen-bond donors (Lipinski definition) is 1. The van der Waals surface area contributed by atoms with Gasteiger partial charge < -0.3 is 5.32 Å². The van der Waals surface area contributed by atoms with Gasteiger partial charge in [0.15, 0.2) is 5.78 Å². The van der Waals surface area contributed by atoms with Crippen LogP contribution in [0.5, 0.6) is 0 Å². The third-order valence-electron chi connectivity index (χ3n) is 2.93. The Kier molecular flexibility index (Phi) is 4.59. The number of rotatable bonds is 4. The molecule has 0 saturated carbocycles. The van der Waals surface area contributed by atoms with Crippen molar-refractivity contribution < 1.29 is 4.79 Å². The van der Waals surface area contributed by atoms with Gasteiger partial charge in [0.1, 0.15) is 0 Å². The number of carbonyl (C=O) groups is 1. The zero-order chi connectivity index (χ0) is 15.3. The molecule has 0 unspecified atom stereocenters. The van der Waals surface area contributed by atoms with Gasteiger partial charge in [-0.1, -0.05) is 60.7 Å². The summed E-state index contributed by atoms with van der Waals surface area (Å²) in [6, 6.07) is 19.2. The number of allylic oxidation sites excluding steroid dienone is 1. The number of carbonyl (C=O) groups excluding carboxylic acids is 1. The Bertz CT molecular complexity index is 622. The number of benzene rings is 2. The lowest BCUT2D eigenvalue weighted by Crippen LogP contribution is -2.34. The minimum atomic E-state index is -0.112. The van der Waals surface area contributed by atoms with Crippen molar-refractivity contribution in [2.24, 2.45) is 0 Å². The maximum Gasteiger partial charge on any atom is 0.187 e. The largest absolute Gasteiger partial charge is 0.380 e. The average molecular weight is 279 g/mol. The Balaban J connectivity index is 2.36. The number of ketones is 1. The molecule has 2 heteroatoms. The molecule has 0 aliphatic rings. The highest BCUT2D eigenvalue weighted by molar-refractivity contribution is 6.08. The zero-order valence-corrected chi connectivity index (χ0v) is 12.8. The summed E-state index contributed by atoms with van der Waals surface area (Å²) in [6.07, 6.45) is 1.68. The highest BCUT2D eigenvalue weighted by Gasteiger charge is 2.14. The molecule has 108 valence electrons. The molecule has 0 aliphatic heterocycles. The summed E-state index contributed by atoms with van der Waals surface area (Å²) in [4.78, 5) is 12.4. The molecular weight excluding hydrogens is 258 g/mol. The van der Waals surface area contributed by atoms with E-state index in [0.717, 1.165) is 11.3 Å². The molecule has 21 heavy (non-hydrogen) atoms. The number of hydrogen-bond acceptors (Lipinski definition) is 2. The molecule has 0 heterocycles. The molecule has 0 atom stereocenters. The predicted molar refractivity (Wildman–Crippen MR) is 88.1 cm³/mol. The van der Waals surface area contributed by atoms with Crippen molar-refractivity contribution in [3.8, 4) is 0 Å².